The maximum absolute atomic E-state index is 13.1. The molecule has 0 unspecified atom stereocenters. The molecule has 5 rings (SSSR count). The molecule has 33 heavy (non-hydrogen) atoms. The molecule has 2 aliphatic heterocycles. The molecule has 0 bridgehead atoms. The van der Waals surface area contributed by atoms with E-state index in [9.17, 15) is 24.0 Å². The molecule has 0 spiro atoms. The summed E-state index contributed by atoms with van der Waals surface area (Å²) in [4.78, 5) is 74.8. The van der Waals surface area contributed by atoms with Crippen molar-refractivity contribution in [2.75, 3.05) is 0 Å². The summed E-state index contributed by atoms with van der Waals surface area (Å²) in [5, 5.41) is 0.794. The van der Waals surface area contributed by atoms with Crippen LogP contribution in [0.4, 0.5) is 0 Å². The summed E-state index contributed by atoms with van der Waals surface area (Å²) in [5.74, 6) is -4.00. The molecule has 0 atom stereocenters. The van der Waals surface area contributed by atoms with Crippen molar-refractivity contribution in [3.05, 3.63) is 107 Å². The molecule has 162 valence electrons. The van der Waals surface area contributed by atoms with Crippen LogP contribution >= 0.6 is 0 Å². The normalized spacial score (nSPS) is 14.8. The zero-order valence-electron chi connectivity index (χ0n) is 16.8. The lowest BCUT2D eigenvalue weighted by atomic mass is 10.1. The van der Waals surface area contributed by atoms with Gasteiger partial charge in [-0.05, 0) is 24.3 Å². The van der Waals surface area contributed by atoms with Gasteiger partial charge in [-0.2, -0.15) is 0 Å². The second-order valence-corrected chi connectivity index (χ2v) is 7.17. The molecule has 0 aromatic heterocycles. The highest BCUT2D eigenvalue weighted by Gasteiger charge is 2.44. The SMILES string of the molecule is O=C(c1ccccc1)C(ON1C(=O)c2ccccc2C1=O)ON1C(=O)c2ccccc2C1=O. The van der Waals surface area contributed by atoms with Crippen LogP contribution in [0.2, 0.25) is 0 Å². The van der Waals surface area contributed by atoms with Gasteiger partial charge in [-0.25, -0.2) is 9.68 Å². The number of benzene rings is 3. The Morgan fingerprint density at radius 2 is 0.879 bits per heavy atom. The molecule has 3 aromatic carbocycles. The first-order valence-electron chi connectivity index (χ1n) is 9.86. The van der Waals surface area contributed by atoms with E-state index >= 15 is 0 Å². The first-order chi connectivity index (χ1) is 16.0. The second-order valence-electron chi connectivity index (χ2n) is 7.17. The van der Waals surface area contributed by atoms with Crippen LogP contribution in [-0.4, -0.2) is 45.8 Å². The standard InChI is InChI=1S/C24H14N2O7/c27-19(14-8-2-1-3-9-14)24(32-25-20(28)15-10-4-5-11-16(15)21(25)29)33-26-22(30)17-12-6-7-13-18(17)23(26)31/h1-13,24H. The number of hydrogen-bond acceptors (Lipinski definition) is 7. The number of carbonyl (C=O) groups excluding carboxylic acids is 5. The van der Waals surface area contributed by atoms with Crippen molar-refractivity contribution in [3.8, 4) is 0 Å². The Hall–Kier alpha value is -4.47. The lowest BCUT2D eigenvalue weighted by molar-refractivity contribution is -0.265. The number of nitrogens with zero attached hydrogens (tertiary/aromatic N) is 2. The average Bonchev–Trinajstić information content (AvgIpc) is 3.24. The van der Waals surface area contributed by atoms with Crippen molar-refractivity contribution >= 4 is 29.4 Å². The summed E-state index contributed by atoms with van der Waals surface area (Å²) in [7, 11) is 0. The van der Waals surface area contributed by atoms with Crippen LogP contribution in [0.5, 0.6) is 0 Å². The number of Topliss-reactive ketones (excluding diaryl/α,β-unsaturated/α-hetero) is 1. The fraction of sp³-hybridized carbons (Fsp3) is 0.0417. The van der Waals surface area contributed by atoms with E-state index in [0.29, 0.717) is 10.1 Å². The van der Waals surface area contributed by atoms with Crippen LogP contribution in [0.15, 0.2) is 78.9 Å². The smallest absolute Gasteiger partial charge is 0.286 e. The van der Waals surface area contributed by atoms with Crippen LogP contribution in [0, 0.1) is 0 Å². The number of rotatable bonds is 6. The van der Waals surface area contributed by atoms with Gasteiger partial charge in [0.05, 0.1) is 22.3 Å². The molecule has 2 heterocycles. The molecular formula is C24H14N2O7. The van der Waals surface area contributed by atoms with Crippen molar-refractivity contribution in [2.45, 2.75) is 6.29 Å². The van der Waals surface area contributed by atoms with Gasteiger partial charge in [0.2, 0.25) is 5.78 Å². The van der Waals surface area contributed by atoms with Gasteiger partial charge < -0.3 is 0 Å². The number of fused-ring (bicyclic) bond motifs is 2. The number of carbonyl (C=O) groups is 5. The molecular weight excluding hydrogens is 428 g/mol. The van der Waals surface area contributed by atoms with E-state index < -0.39 is 35.7 Å². The van der Waals surface area contributed by atoms with E-state index in [1.807, 2.05) is 0 Å². The summed E-state index contributed by atoms with van der Waals surface area (Å²) in [6.07, 6.45) is -1.98. The Morgan fingerprint density at radius 3 is 1.24 bits per heavy atom. The van der Waals surface area contributed by atoms with Crippen LogP contribution in [-0.2, 0) is 9.68 Å². The van der Waals surface area contributed by atoms with Crippen LogP contribution in [0.3, 0.4) is 0 Å². The highest BCUT2D eigenvalue weighted by atomic mass is 16.9. The fourth-order valence-electron chi connectivity index (χ4n) is 3.57. The predicted molar refractivity (Wildman–Crippen MR) is 111 cm³/mol. The largest absolute Gasteiger partial charge is 0.288 e. The molecule has 0 aliphatic carbocycles. The van der Waals surface area contributed by atoms with Gasteiger partial charge >= 0.3 is 0 Å². The number of imide groups is 2. The predicted octanol–water partition coefficient (Wildman–Crippen LogP) is 2.65. The number of ketones is 1. The van der Waals surface area contributed by atoms with Gasteiger partial charge in [-0.1, -0.05) is 54.6 Å². The summed E-state index contributed by atoms with van der Waals surface area (Å²) in [6, 6.07) is 19.9. The molecule has 0 radical (unpaired) electrons. The van der Waals surface area contributed by atoms with Gasteiger partial charge in [0.15, 0.2) is 0 Å². The lowest BCUT2D eigenvalue weighted by Crippen LogP contribution is -2.44. The van der Waals surface area contributed by atoms with Gasteiger partial charge in [-0.15, -0.1) is 10.1 Å². The minimum atomic E-state index is -1.98. The van der Waals surface area contributed by atoms with Gasteiger partial charge in [0.25, 0.3) is 29.9 Å². The van der Waals surface area contributed by atoms with Crippen molar-refractivity contribution in [1.29, 1.82) is 0 Å². The van der Waals surface area contributed by atoms with Gasteiger partial charge in [0.1, 0.15) is 0 Å². The number of hydroxylamine groups is 4. The van der Waals surface area contributed by atoms with E-state index in [1.165, 1.54) is 36.4 Å². The number of amides is 4. The van der Waals surface area contributed by atoms with E-state index in [1.54, 1.807) is 42.5 Å². The Labute approximate surface area is 186 Å². The Morgan fingerprint density at radius 1 is 0.545 bits per heavy atom. The molecule has 0 saturated heterocycles. The second kappa shape index (κ2) is 7.90. The van der Waals surface area contributed by atoms with Crippen LogP contribution in [0.25, 0.3) is 0 Å². The minimum absolute atomic E-state index is 0.0918. The molecule has 3 aromatic rings. The third kappa shape index (κ3) is 3.32. The first-order valence-corrected chi connectivity index (χ1v) is 9.86. The Kier molecular flexibility index (Phi) is 4.89. The highest BCUT2D eigenvalue weighted by molar-refractivity contribution is 6.21. The molecule has 0 saturated carbocycles. The molecule has 9 nitrogen and oxygen atoms in total. The zero-order chi connectivity index (χ0) is 23.1. The first kappa shape index (κ1) is 20.4. The molecule has 9 heteroatoms. The quantitative estimate of drug-likeness (QED) is 0.328. The summed E-state index contributed by atoms with van der Waals surface area (Å²) >= 11 is 0. The number of hydrogen-bond donors (Lipinski definition) is 0. The van der Waals surface area contributed by atoms with Crippen LogP contribution in [0.1, 0.15) is 51.8 Å². The van der Waals surface area contributed by atoms with E-state index in [0.717, 1.165) is 0 Å². The van der Waals surface area contributed by atoms with Gasteiger partial charge in [0, 0.05) is 5.56 Å². The fourth-order valence-corrected chi connectivity index (χ4v) is 3.57. The lowest BCUT2D eigenvalue weighted by Gasteiger charge is -2.24. The van der Waals surface area contributed by atoms with Crippen molar-refractivity contribution in [3.63, 3.8) is 0 Å². The van der Waals surface area contributed by atoms with Crippen LogP contribution < -0.4 is 0 Å². The van der Waals surface area contributed by atoms with E-state index in [4.69, 9.17) is 9.68 Å². The maximum atomic E-state index is 13.1. The molecule has 4 amide bonds. The molecule has 2 aliphatic rings. The average molecular weight is 442 g/mol. The van der Waals surface area contributed by atoms with E-state index in [-0.39, 0.29) is 27.8 Å². The monoisotopic (exact) mass is 442 g/mol. The maximum Gasteiger partial charge on any atom is 0.286 e. The molecule has 0 N–H and O–H groups in total. The Bertz CT molecular complexity index is 1190. The van der Waals surface area contributed by atoms with Crippen molar-refractivity contribution in [1.82, 2.24) is 10.1 Å². The summed E-state index contributed by atoms with van der Waals surface area (Å²) in [6.45, 7) is 0. The van der Waals surface area contributed by atoms with Crippen molar-refractivity contribution in [2.24, 2.45) is 0 Å². The highest BCUT2D eigenvalue weighted by Crippen LogP contribution is 2.27. The molecule has 0 fully saturated rings. The third-order valence-electron chi connectivity index (χ3n) is 5.19. The zero-order valence-corrected chi connectivity index (χ0v) is 16.8. The topological polar surface area (TPSA) is 110 Å². The van der Waals surface area contributed by atoms with Crippen molar-refractivity contribution < 1.29 is 33.6 Å². The Balaban J connectivity index is 1.47. The van der Waals surface area contributed by atoms with E-state index in [2.05, 4.69) is 0 Å². The minimum Gasteiger partial charge on any atom is -0.288 e. The summed E-state index contributed by atoms with van der Waals surface area (Å²) < 4.78 is 0. The third-order valence-corrected chi connectivity index (χ3v) is 5.19. The summed E-state index contributed by atoms with van der Waals surface area (Å²) in [5.41, 5.74) is 0.488. The van der Waals surface area contributed by atoms with Gasteiger partial charge in [-0.3, -0.25) is 24.0 Å².